The zero-order valence-electron chi connectivity index (χ0n) is 14.8. The SMILES string of the molecule is C[C@@H](C(=O)N1CCCC[C@@H]1c1nc(C(C)(C)C)cs1)n1cncn1. The van der Waals surface area contributed by atoms with Crippen LogP contribution in [0.5, 0.6) is 0 Å². The molecule has 1 aliphatic rings. The zero-order valence-corrected chi connectivity index (χ0v) is 15.6. The summed E-state index contributed by atoms with van der Waals surface area (Å²) in [5, 5.41) is 7.30. The monoisotopic (exact) mass is 347 g/mol. The lowest BCUT2D eigenvalue weighted by Gasteiger charge is -2.36. The summed E-state index contributed by atoms with van der Waals surface area (Å²) in [4.78, 5) is 23.8. The molecule has 1 amide bonds. The van der Waals surface area contributed by atoms with Crippen LogP contribution in [0.3, 0.4) is 0 Å². The summed E-state index contributed by atoms with van der Waals surface area (Å²) in [5.41, 5.74) is 1.14. The number of amides is 1. The van der Waals surface area contributed by atoms with Crippen LogP contribution < -0.4 is 0 Å². The number of piperidine rings is 1. The second-order valence-corrected chi connectivity index (χ2v) is 8.31. The summed E-state index contributed by atoms with van der Waals surface area (Å²) in [7, 11) is 0. The molecule has 0 unspecified atom stereocenters. The van der Waals surface area contributed by atoms with Crippen molar-refractivity contribution in [2.75, 3.05) is 6.54 Å². The lowest BCUT2D eigenvalue weighted by Crippen LogP contribution is -2.42. The first-order chi connectivity index (χ1) is 11.4. The molecule has 0 aliphatic carbocycles. The first-order valence-electron chi connectivity index (χ1n) is 8.48. The van der Waals surface area contributed by atoms with Crippen molar-refractivity contribution in [3.63, 3.8) is 0 Å². The van der Waals surface area contributed by atoms with Crippen LogP contribution in [-0.2, 0) is 10.2 Å². The Labute approximate surface area is 146 Å². The van der Waals surface area contributed by atoms with E-state index in [0.29, 0.717) is 0 Å². The van der Waals surface area contributed by atoms with E-state index in [9.17, 15) is 4.79 Å². The lowest BCUT2D eigenvalue weighted by atomic mass is 9.93. The normalized spacial score (nSPS) is 20.2. The molecule has 0 aromatic carbocycles. The van der Waals surface area contributed by atoms with Gasteiger partial charge in [0.2, 0.25) is 5.91 Å². The molecule has 7 heteroatoms. The number of hydrogen-bond donors (Lipinski definition) is 0. The third-order valence-corrected chi connectivity index (χ3v) is 5.50. The number of carbonyl (C=O) groups excluding carboxylic acids is 1. The number of likely N-dealkylation sites (tertiary alicyclic amines) is 1. The van der Waals surface area contributed by atoms with Crippen molar-refractivity contribution in [2.24, 2.45) is 0 Å². The molecule has 2 atom stereocenters. The van der Waals surface area contributed by atoms with E-state index in [4.69, 9.17) is 4.98 Å². The first kappa shape index (κ1) is 17.1. The molecule has 1 aliphatic heterocycles. The molecule has 3 rings (SSSR count). The van der Waals surface area contributed by atoms with Crippen molar-refractivity contribution in [1.29, 1.82) is 0 Å². The van der Waals surface area contributed by atoms with Gasteiger partial charge < -0.3 is 4.90 Å². The van der Waals surface area contributed by atoms with Crippen LogP contribution in [0.1, 0.15) is 69.7 Å². The standard InChI is InChI=1S/C17H25N5OS/c1-12(22-11-18-10-19-22)16(23)21-8-6-5-7-13(21)15-20-14(9-24-15)17(2,3)4/h9-13H,5-8H2,1-4H3/t12-,13+/m0/s1. The van der Waals surface area contributed by atoms with Gasteiger partial charge in [0.1, 0.15) is 23.7 Å². The van der Waals surface area contributed by atoms with Crippen LogP contribution >= 0.6 is 11.3 Å². The van der Waals surface area contributed by atoms with E-state index >= 15 is 0 Å². The van der Waals surface area contributed by atoms with Crippen molar-refractivity contribution in [3.05, 3.63) is 28.7 Å². The average Bonchev–Trinajstić information content (AvgIpc) is 3.24. The van der Waals surface area contributed by atoms with Crippen molar-refractivity contribution in [3.8, 4) is 0 Å². The molecule has 0 N–H and O–H groups in total. The van der Waals surface area contributed by atoms with Gasteiger partial charge in [0.25, 0.3) is 0 Å². The molecule has 2 aromatic rings. The van der Waals surface area contributed by atoms with Crippen LogP contribution in [0.25, 0.3) is 0 Å². The van der Waals surface area contributed by atoms with Gasteiger partial charge in [0.05, 0.1) is 11.7 Å². The summed E-state index contributed by atoms with van der Waals surface area (Å²) in [5.74, 6) is 0.0951. The fraction of sp³-hybridized carbons (Fsp3) is 0.647. The average molecular weight is 347 g/mol. The number of thiazole rings is 1. The van der Waals surface area contributed by atoms with Gasteiger partial charge in [-0.1, -0.05) is 20.8 Å². The van der Waals surface area contributed by atoms with Gasteiger partial charge in [-0.3, -0.25) is 4.79 Å². The molecule has 0 bridgehead atoms. The number of hydrogen-bond acceptors (Lipinski definition) is 5. The van der Waals surface area contributed by atoms with Gasteiger partial charge >= 0.3 is 0 Å². The highest BCUT2D eigenvalue weighted by molar-refractivity contribution is 7.09. The Hall–Kier alpha value is -1.76. The third-order valence-electron chi connectivity index (χ3n) is 4.55. The fourth-order valence-corrected chi connectivity index (χ4v) is 4.20. The van der Waals surface area contributed by atoms with E-state index in [1.54, 1.807) is 22.3 Å². The van der Waals surface area contributed by atoms with Crippen molar-refractivity contribution >= 4 is 17.2 Å². The van der Waals surface area contributed by atoms with E-state index in [-0.39, 0.29) is 23.4 Å². The van der Waals surface area contributed by atoms with E-state index in [1.807, 2.05) is 11.8 Å². The summed E-state index contributed by atoms with van der Waals surface area (Å²) in [6, 6.07) is -0.256. The Balaban J connectivity index is 1.83. The molecule has 0 saturated carbocycles. The van der Waals surface area contributed by atoms with Gasteiger partial charge in [-0.2, -0.15) is 5.10 Å². The van der Waals surface area contributed by atoms with Crippen LogP contribution in [0.4, 0.5) is 0 Å². The van der Waals surface area contributed by atoms with E-state index in [0.717, 1.165) is 36.5 Å². The molecule has 0 radical (unpaired) electrons. The topological polar surface area (TPSA) is 63.9 Å². The van der Waals surface area contributed by atoms with Gasteiger partial charge in [-0.15, -0.1) is 11.3 Å². The first-order valence-corrected chi connectivity index (χ1v) is 9.36. The Morgan fingerprint density at radius 2 is 2.17 bits per heavy atom. The minimum absolute atomic E-state index is 0.0340. The Kier molecular flexibility index (Phi) is 4.71. The van der Waals surface area contributed by atoms with Gasteiger partial charge in [-0.05, 0) is 26.2 Å². The molecule has 24 heavy (non-hydrogen) atoms. The lowest BCUT2D eigenvalue weighted by molar-refractivity contribution is -0.138. The number of rotatable bonds is 3. The minimum Gasteiger partial charge on any atom is -0.331 e. The summed E-state index contributed by atoms with van der Waals surface area (Å²) in [6.07, 6.45) is 6.23. The Morgan fingerprint density at radius 1 is 1.38 bits per heavy atom. The molecule has 2 aromatic heterocycles. The predicted molar refractivity (Wildman–Crippen MR) is 93.9 cm³/mol. The van der Waals surface area contributed by atoms with Gasteiger partial charge in [-0.25, -0.2) is 14.6 Å². The van der Waals surface area contributed by atoms with Crippen LogP contribution in [0.2, 0.25) is 0 Å². The Morgan fingerprint density at radius 3 is 2.79 bits per heavy atom. The predicted octanol–water partition coefficient (Wildman–Crippen LogP) is 3.35. The van der Waals surface area contributed by atoms with Gasteiger partial charge in [0, 0.05) is 17.3 Å². The van der Waals surface area contributed by atoms with E-state index in [2.05, 4.69) is 36.2 Å². The summed E-state index contributed by atoms with van der Waals surface area (Å²) < 4.78 is 1.62. The minimum atomic E-state index is -0.338. The molecule has 0 spiro atoms. The van der Waals surface area contributed by atoms with Crippen LogP contribution in [0.15, 0.2) is 18.0 Å². The van der Waals surface area contributed by atoms with Crippen molar-refractivity contribution in [1.82, 2.24) is 24.6 Å². The molecule has 130 valence electrons. The summed E-state index contributed by atoms with van der Waals surface area (Å²) >= 11 is 1.67. The highest BCUT2D eigenvalue weighted by Crippen LogP contribution is 2.36. The zero-order chi connectivity index (χ0) is 17.3. The molecule has 1 saturated heterocycles. The maximum Gasteiger partial charge on any atom is 0.247 e. The molecule has 3 heterocycles. The second kappa shape index (κ2) is 6.63. The van der Waals surface area contributed by atoms with E-state index < -0.39 is 0 Å². The molecule has 6 nitrogen and oxygen atoms in total. The molecular weight excluding hydrogens is 322 g/mol. The van der Waals surface area contributed by atoms with Crippen molar-refractivity contribution < 1.29 is 4.79 Å². The van der Waals surface area contributed by atoms with Crippen LogP contribution in [-0.4, -0.2) is 37.1 Å². The maximum absolute atomic E-state index is 13.0. The second-order valence-electron chi connectivity index (χ2n) is 7.42. The number of aromatic nitrogens is 4. The molecular formula is C17H25N5OS. The highest BCUT2D eigenvalue weighted by atomic mass is 32.1. The van der Waals surface area contributed by atoms with E-state index in [1.165, 1.54) is 6.33 Å². The number of nitrogens with zero attached hydrogens (tertiary/aromatic N) is 5. The fourth-order valence-electron chi connectivity index (χ4n) is 3.01. The highest BCUT2D eigenvalue weighted by Gasteiger charge is 2.33. The molecule has 1 fully saturated rings. The van der Waals surface area contributed by atoms with Gasteiger partial charge in [0.15, 0.2) is 0 Å². The number of carbonyl (C=O) groups is 1. The largest absolute Gasteiger partial charge is 0.331 e. The third kappa shape index (κ3) is 3.36. The van der Waals surface area contributed by atoms with Crippen LogP contribution in [0, 0.1) is 0 Å². The summed E-state index contributed by atoms with van der Waals surface area (Å²) in [6.45, 7) is 9.17. The maximum atomic E-state index is 13.0. The Bertz CT molecular complexity index is 688. The smallest absolute Gasteiger partial charge is 0.247 e. The van der Waals surface area contributed by atoms with Crippen molar-refractivity contribution in [2.45, 2.75) is 64.5 Å². The quantitative estimate of drug-likeness (QED) is 0.854.